The first-order chi connectivity index (χ1) is 13.8. The largest absolute Gasteiger partial charge is 0.452 e. The highest BCUT2D eigenvalue weighted by atomic mass is 35.5. The number of nitrogens with zero attached hydrogens (tertiary/aromatic N) is 1. The van der Waals surface area contributed by atoms with Crippen LogP contribution in [0.3, 0.4) is 0 Å². The Bertz CT molecular complexity index is 1050. The maximum Gasteiger partial charge on any atom is 0.344 e. The number of carbonyl (C=O) groups excluding carboxylic acids is 2. The van der Waals surface area contributed by atoms with Gasteiger partial charge in [0, 0.05) is 5.69 Å². The molecule has 0 bridgehead atoms. The summed E-state index contributed by atoms with van der Waals surface area (Å²) in [5, 5.41) is 6.54. The Labute approximate surface area is 171 Å². The maximum atomic E-state index is 14.2. The van der Waals surface area contributed by atoms with Gasteiger partial charge in [-0.1, -0.05) is 41.0 Å². The van der Waals surface area contributed by atoms with Gasteiger partial charge >= 0.3 is 5.97 Å². The van der Waals surface area contributed by atoms with E-state index in [1.807, 2.05) is 32.0 Å². The van der Waals surface area contributed by atoms with Crippen molar-refractivity contribution in [3.05, 3.63) is 69.7 Å². The predicted octanol–water partition coefficient (Wildman–Crippen LogP) is 4.85. The van der Waals surface area contributed by atoms with Crippen LogP contribution in [0.1, 0.15) is 27.2 Å². The molecule has 1 heterocycles. The van der Waals surface area contributed by atoms with Crippen molar-refractivity contribution in [3.8, 4) is 11.3 Å². The van der Waals surface area contributed by atoms with Gasteiger partial charge in [-0.25, -0.2) is 9.18 Å². The molecule has 0 aliphatic heterocycles. The van der Waals surface area contributed by atoms with Gasteiger partial charge in [-0.2, -0.15) is 0 Å². The number of rotatable bonds is 5. The Morgan fingerprint density at radius 2 is 1.79 bits per heavy atom. The third-order valence-corrected chi connectivity index (χ3v) is 4.66. The normalized spacial score (nSPS) is 10.7. The fraction of sp³-hybridized carbons (Fsp3) is 0.190. The van der Waals surface area contributed by atoms with Gasteiger partial charge < -0.3 is 14.6 Å². The number of ether oxygens (including phenoxy) is 1. The molecule has 29 heavy (non-hydrogen) atoms. The summed E-state index contributed by atoms with van der Waals surface area (Å²) in [5.74, 6) is -1.91. The van der Waals surface area contributed by atoms with E-state index >= 15 is 0 Å². The van der Waals surface area contributed by atoms with Crippen LogP contribution in [0.5, 0.6) is 0 Å². The summed E-state index contributed by atoms with van der Waals surface area (Å²) in [7, 11) is 0. The van der Waals surface area contributed by atoms with Gasteiger partial charge in [0.05, 0.1) is 10.6 Å². The molecule has 0 saturated heterocycles. The lowest BCUT2D eigenvalue weighted by atomic mass is 10.1. The van der Waals surface area contributed by atoms with E-state index in [4.69, 9.17) is 20.9 Å². The number of hydrogen-bond acceptors (Lipinski definition) is 5. The molecule has 1 N–H and O–H groups in total. The number of para-hydroxylation sites is 1. The van der Waals surface area contributed by atoms with Crippen molar-refractivity contribution in [3.63, 3.8) is 0 Å². The van der Waals surface area contributed by atoms with E-state index < -0.39 is 24.3 Å². The average molecular weight is 417 g/mol. The number of carbonyl (C=O) groups is 2. The van der Waals surface area contributed by atoms with Crippen molar-refractivity contribution < 1.29 is 23.2 Å². The number of nitrogens with one attached hydrogen (secondary N) is 1. The quantitative estimate of drug-likeness (QED) is 0.601. The zero-order chi connectivity index (χ0) is 21.1. The highest BCUT2D eigenvalue weighted by Gasteiger charge is 2.27. The summed E-state index contributed by atoms with van der Waals surface area (Å²) >= 11 is 6.06. The number of aryl methyl sites for hydroxylation is 3. The van der Waals surface area contributed by atoms with Crippen LogP contribution in [-0.2, 0) is 9.53 Å². The highest BCUT2D eigenvalue weighted by Crippen LogP contribution is 2.33. The second-order valence-electron chi connectivity index (χ2n) is 6.45. The molecule has 0 fully saturated rings. The topological polar surface area (TPSA) is 81.4 Å². The molecule has 2 aromatic carbocycles. The van der Waals surface area contributed by atoms with Crippen molar-refractivity contribution in [1.82, 2.24) is 5.16 Å². The van der Waals surface area contributed by atoms with Crippen LogP contribution in [0.2, 0.25) is 5.02 Å². The number of anilines is 1. The fourth-order valence-electron chi connectivity index (χ4n) is 2.90. The van der Waals surface area contributed by atoms with Crippen LogP contribution >= 0.6 is 11.6 Å². The predicted molar refractivity (Wildman–Crippen MR) is 106 cm³/mol. The lowest BCUT2D eigenvalue weighted by Crippen LogP contribution is -2.22. The molecule has 0 atom stereocenters. The van der Waals surface area contributed by atoms with Crippen molar-refractivity contribution in [2.75, 3.05) is 11.9 Å². The molecule has 0 radical (unpaired) electrons. The molecule has 1 aromatic heterocycles. The third kappa shape index (κ3) is 4.30. The number of amides is 1. The average Bonchev–Trinajstić information content (AvgIpc) is 3.04. The second kappa shape index (κ2) is 8.45. The van der Waals surface area contributed by atoms with Gasteiger partial charge in [0.15, 0.2) is 6.61 Å². The van der Waals surface area contributed by atoms with Gasteiger partial charge in [0.2, 0.25) is 0 Å². The Morgan fingerprint density at radius 3 is 2.45 bits per heavy atom. The van der Waals surface area contributed by atoms with Crippen LogP contribution in [0.4, 0.5) is 10.1 Å². The minimum absolute atomic E-state index is 0.0696. The standard InChI is InChI=1S/C21H18ClFN2O4/c1-11-6-4-7-12(2)19(11)24-16(26)10-28-21(27)17-13(3)29-25-20(17)18-14(22)8-5-9-15(18)23/h4-9H,10H2,1-3H3,(H,24,26). The van der Waals surface area contributed by atoms with Gasteiger partial charge in [-0.15, -0.1) is 0 Å². The summed E-state index contributed by atoms with van der Waals surface area (Å²) in [6.07, 6.45) is 0. The SMILES string of the molecule is Cc1cccc(C)c1NC(=O)COC(=O)c1c(-c2c(F)cccc2Cl)noc1C. The van der Waals surface area contributed by atoms with Gasteiger partial charge in [0.1, 0.15) is 22.8 Å². The first kappa shape index (κ1) is 20.5. The first-order valence-corrected chi connectivity index (χ1v) is 9.11. The Balaban J connectivity index is 1.77. The van der Waals surface area contributed by atoms with E-state index in [-0.39, 0.29) is 27.6 Å². The summed E-state index contributed by atoms with van der Waals surface area (Å²) < 4.78 is 24.4. The summed E-state index contributed by atoms with van der Waals surface area (Å²) in [6.45, 7) is 4.68. The van der Waals surface area contributed by atoms with Gasteiger partial charge in [-0.05, 0) is 44.0 Å². The number of hydrogen-bond donors (Lipinski definition) is 1. The van der Waals surface area contributed by atoms with Crippen molar-refractivity contribution in [1.29, 1.82) is 0 Å². The minimum Gasteiger partial charge on any atom is -0.452 e. The van der Waals surface area contributed by atoms with E-state index in [1.165, 1.54) is 25.1 Å². The fourth-order valence-corrected chi connectivity index (χ4v) is 3.15. The van der Waals surface area contributed by atoms with E-state index in [0.717, 1.165) is 11.1 Å². The summed E-state index contributed by atoms with van der Waals surface area (Å²) in [5.41, 5.74) is 2.20. The molecule has 150 valence electrons. The number of halogens is 2. The Morgan fingerprint density at radius 1 is 1.14 bits per heavy atom. The first-order valence-electron chi connectivity index (χ1n) is 8.73. The zero-order valence-corrected chi connectivity index (χ0v) is 16.8. The molecule has 0 aliphatic carbocycles. The van der Waals surface area contributed by atoms with Crippen molar-refractivity contribution in [2.45, 2.75) is 20.8 Å². The van der Waals surface area contributed by atoms with Crippen LogP contribution in [-0.4, -0.2) is 23.6 Å². The number of esters is 1. The minimum atomic E-state index is -0.866. The molecule has 3 rings (SSSR count). The van der Waals surface area contributed by atoms with E-state index in [9.17, 15) is 14.0 Å². The number of aromatic nitrogens is 1. The lowest BCUT2D eigenvalue weighted by Gasteiger charge is -2.11. The molecule has 1 amide bonds. The molecule has 0 saturated carbocycles. The Kier molecular flexibility index (Phi) is 5.98. The smallest absolute Gasteiger partial charge is 0.344 e. The maximum absolute atomic E-state index is 14.2. The summed E-state index contributed by atoms with van der Waals surface area (Å²) in [4.78, 5) is 24.8. The molecule has 0 unspecified atom stereocenters. The zero-order valence-electron chi connectivity index (χ0n) is 16.0. The van der Waals surface area contributed by atoms with Gasteiger partial charge in [0.25, 0.3) is 5.91 Å². The summed E-state index contributed by atoms with van der Waals surface area (Å²) in [6, 6.07) is 9.70. The molecular weight excluding hydrogens is 399 g/mol. The van der Waals surface area contributed by atoms with E-state index in [1.54, 1.807) is 0 Å². The molecule has 6 nitrogen and oxygen atoms in total. The molecule has 0 aliphatic rings. The van der Waals surface area contributed by atoms with Crippen molar-refractivity contribution in [2.24, 2.45) is 0 Å². The van der Waals surface area contributed by atoms with E-state index in [0.29, 0.717) is 5.69 Å². The lowest BCUT2D eigenvalue weighted by molar-refractivity contribution is -0.119. The second-order valence-corrected chi connectivity index (χ2v) is 6.86. The van der Waals surface area contributed by atoms with E-state index in [2.05, 4.69) is 10.5 Å². The van der Waals surface area contributed by atoms with Gasteiger partial charge in [-0.3, -0.25) is 4.79 Å². The molecule has 0 spiro atoms. The molecule has 8 heteroatoms. The van der Waals surface area contributed by atoms with Crippen LogP contribution in [0, 0.1) is 26.6 Å². The molecule has 3 aromatic rings. The number of benzene rings is 2. The Hall–Kier alpha value is -3.19. The molecular formula is C21H18ClFN2O4. The van der Waals surface area contributed by atoms with Crippen LogP contribution in [0.15, 0.2) is 40.9 Å². The highest BCUT2D eigenvalue weighted by molar-refractivity contribution is 6.33. The monoisotopic (exact) mass is 416 g/mol. The van der Waals surface area contributed by atoms with Crippen molar-refractivity contribution >= 4 is 29.2 Å². The van der Waals surface area contributed by atoms with Crippen LogP contribution < -0.4 is 5.32 Å². The third-order valence-electron chi connectivity index (χ3n) is 4.35. The van der Waals surface area contributed by atoms with Crippen LogP contribution in [0.25, 0.3) is 11.3 Å².